The zero-order valence-corrected chi connectivity index (χ0v) is 8.68. The van der Waals surface area contributed by atoms with Gasteiger partial charge in [0.2, 0.25) is 5.28 Å². The molecule has 1 heterocycles. The molecule has 14 heavy (non-hydrogen) atoms. The van der Waals surface area contributed by atoms with E-state index in [9.17, 15) is 0 Å². The van der Waals surface area contributed by atoms with Gasteiger partial charge in [-0.2, -0.15) is 4.98 Å². The molecular weight excluding hydrogens is 227 g/mol. The van der Waals surface area contributed by atoms with E-state index in [1.54, 1.807) is 0 Å². The number of halogens is 2. The summed E-state index contributed by atoms with van der Waals surface area (Å²) in [5.74, 6) is 0.373. The number of hydrogen-bond acceptors (Lipinski definition) is 5. The van der Waals surface area contributed by atoms with E-state index in [1.807, 2.05) is 0 Å². The molecule has 5 nitrogen and oxygen atoms in total. The molecule has 76 valence electrons. The second-order valence-corrected chi connectivity index (χ2v) is 3.98. The van der Waals surface area contributed by atoms with Gasteiger partial charge in [-0.05, 0) is 24.4 Å². The largest absolute Gasteiger partial charge is 0.394 e. The van der Waals surface area contributed by atoms with E-state index in [0.29, 0.717) is 5.82 Å². The van der Waals surface area contributed by atoms with Crippen LogP contribution in [0.15, 0.2) is 0 Å². The lowest BCUT2D eigenvalue weighted by molar-refractivity contribution is 0.266. The third-order valence-corrected chi connectivity index (χ3v) is 2.57. The SMILES string of the molecule is OCC1(Nc2nc(Cl)nnc2Cl)CC1. The number of aliphatic hydroxyl groups is 1. The fourth-order valence-corrected chi connectivity index (χ4v) is 1.35. The molecule has 1 aliphatic rings. The summed E-state index contributed by atoms with van der Waals surface area (Å²) in [6.07, 6.45) is 1.78. The van der Waals surface area contributed by atoms with Crippen LogP contribution in [0.3, 0.4) is 0 Å². The number of nitrogens with zero attached hydrogens (tertiary/aromatic N) is 3. The van der Waals surface area contributed by atoms with E-state index in [-0.39, 0.29) is 22.6 Å². The van der Waals surface area contributed by atoms with Gasteiger partial charge in [-0.15, -0.1) is 10.2 Å². The van der Waals surface area contributed by atoms with Crippen LogP contribution in [0.2, 0.25) is 10.4 Å². The Hall–Kier alpha value is -0.650. The number of nitrogens with one attached hydrogen (secondary N) is 1. The van der Waals surface area contributed by atoms with E-state index in [0.717, 1.165) is 12.8 Å². The molecule has 0 radical (unpaired) electrons. The standard InChI is InChI=1S/C7H8Cl2N4O/c8-4-5(10-6(9)13-12-4)11-7(3-14)1-2-7/h14H,1-3H2,(H,10,11,13). The molecule has 1 aliphatic carbocycles. The minimum atomic E-state index is -0.289. The van der Waals surface area contributed by atoms with Crippen LogP contribution in [-0.4, -0.2) is 32.4 Å². The van der Waals surface area contributed by atoms with Gasteiger partial charge in [0, 0.05) is 0 Å². The Labute approximate surface area is 90.5 Å². The van der Waals surface area contributed by atoms with Crippen molar-refractivity contribution in [2.75, 3.05) is 11.9 Å². The van der Waals surface area contributed by atoms with Crippen molar-refractivity contribution in [3.05, 3.63) is 10.4 Å². The lowest BCUT2D eigenvalue weighted by Crippen LogP contribution is -2.26. The van der Waals surface area contributed by atoms with Gasteiger partial charge in [0.25, 0.3) is 0 Å². The van der Waals surface area contributed by atoms with Crippen molar-refractivity contribution in [2.45, 2.75) is 18.4 Å². The zero-order valence-electron chi connectivity index (χ0n) is 7.17. The number of aromatic nitrogens is 3. The van der Waals surface area contributed by atoms with Gasteiger partial charge in [0.05, 0.1) is 12.1 Å². The highest BCUT2D eigenvalue weighted by Crippen LogP contribution is 2.38. The third kappa shape index (κ3) is 1.89. The quantitative estimate of drug-likeness (QED) is 0.821. The zero-order chi connectivity index (χ0) is 10.2. The van der Waals surface area contributed by atoms with Crippen LogP contribution >= 0.6 is 23.2 Å². The second kappa shape index (κ2) is 3.49. The minimum Gasteiger partial charge on any atom is -0.394 e. The smallest absolute Gasteiger partial charge is 0.245 e. The summed E-state index contributed by atoms with van der Waals surface area (Å²) in [5.41, 5.74) is -0.289. The first-order chi connectivity index (χ1) is 6.65. The van der Waals surface area contributed by atoms with Crippen molar-refractivity contribution < 1.29 is 5.11 Å². The number of rotatable bonds is 3. The lowest BCUT2D eigenvalue weighted by Gasteiger charge is -2.14. The normalized spacial score (nSPS) is 17.9. The summed E-state index contributed by atoms with van der Waals surface area (Å²) in [6.45, 7) is 0.0466. The first-order valence-corrected chi connectivity index (χ1v) is 4.86. The molecule has 0 saturated heterocycles. The van der Waals surface area contributed by atoms with Gasteiger partial charge >= 0.3 is 0 Å². The van der Waals surface area contributed by atoms with Gasteiger partial charge in [0.1, 0.15) is 0 Å². The van der Waals surface area contributed by atoms with E-state index in [2.05, 4.69) is 20.5 Å². The average Bonchev–Trinajstić information content (AvgIpc) is 2.92. The van der Waals surface area contributed by atoms with E-state index < -0.39 is 0 Å². The molecule has 1 aromatic heterocycles. The summed E-state index contributed by atoms with van der Waals surface area (Å²) >= 11 is 11.3. The molecule has 7 heteroatoms. The number of aliphatic hydroxyl groups excluding tert-OH is 1. The van der Waals surface area contributed by atoms with Crippen LogP contribution in [0.1, 0.15) is 12.8 Å². The molecule has 0 aromatic carbocycles. The number of anilines is 1. The van der Waals surface area contributed by atoms with Crippen LogP contribution in [-0.2, 0) is 0 Å². The molecule has 2 N–H and O–H groups in total. The molecule has 0 spiro atoms. The van der Waals surface area contributed by atoms with Crippen molar-refractivity contribution >= 4 is 29.0 Å². The van der Waals surface area contributed by atoms with Crippen LogP contribution in [0.5, 0.6) is 0 Å². The van der Waals surface area contributed by atoms with Crippen molar-refractivity contribution in [3.63, 3.8) is 0 Å². The predicted octanol–water partition coefficient (Wildman–Crippen LogP) is 1.12. The third-order valence-electron chi connectivity index (χ3n) is 2.16. The molecule has 1 aromatic rings. The average molecular weight is 235 g/mol. The second-order valence-electron chi connectivity index (χ2n) is 3.28. The van der Waals surface area contributed by atoms with Gasteiger partial charge in [-0.25, -0.2) is 0 Å². The summed E-state index contributed by atoms with van der Waals surface area (Å²) in [6, 6.07) is 0. The molecule has 0 amide bonds. The highest BCUT2D eigenvalue weighted by molar-refractivity contribution is 6.32. The van der Waals surface area contributed by atoms with Gasteiger partial charge in [-0.3, -0.25) is 0 Å². The predicted molar refractivity (Wildman–Crippen MR) is 52.5 cm³/mol. The maximum atomic E-state index is 9.08. The summed E-state index contributed by atoms with van der Waals surface area (Å²) in [5, 5.41) is 19.4. The van der Waals surface area contributed by atoms with Crippen LogP contribution in [0.4, 0.5) is 5.82 Å². The van der Waals surface area contributed by atoms with Crippen LogP contribution < -0.4 is 5.32 Å². The fourth-order valence-electron chi connectivity index (χ4n) is 1.10. The Bertz CT molecular complexity index is 356. The fraction of sp³-hybridized carbons (Fsp3) is 0.571. The Kier molecular flexibility index (Phi) is 2.47. The monoisotopic (exact) mass is 234 g/mol. The Morgan fingerprint density at radius 3 is 2.64 bits per heavy atom. The topological polar surface area (TPSA) is 70.9 Å². The minimum absolute atomic E-state index is 0.0330. The van der Waals surface area contributed by atoms with Crippen LogP contribution in [0.25, 0.3) is 0 Å². The summed E-state index contributed by atoms with van der Waals surface area (Å²) in [7, 11) is 0. The highest BCUT2D eigenvalue weighted by Gasteiger charge is 2.42. The maximum Gasteiger partial charge on any atom is 0.245 e. The Balaban J connectivity index is 2.20. The van der Waals surface area contributed by atoms with Crippen molar-refractivity contribution in [3.8, 4) is 0 Å². The molecule has 1 fully saturated rings. The first kappa shape index (κ1) is 9.89. The molecule has 0 atom stereocenters. The molecule has 0 unspecified atom stereocenters. The summed E-state index contributed by atoms with van der Waals surface area (Å²) in [4.78, 5) is 3.88. The number of hydrogen-bond donors (Lipinski definition) is 2. The molecular formula is C7H8Cl2N4O. The molecule has 1 saturated carbocycles. The van der Waals surface area contributed by atoms with E-state index in [1.165, 1.54) is 0 Å². The maximum absolute atomic E-state index is 9.08. The molecule has 0 aliphatic heterocycles. The lowest BCUT2D eigenvalue weighted by atomic mass is 10.3. The van der Waals surface area contributed by atoms with Crippen molar-refractivity contribution in [1.82, 2.24) is 15.2 Å². The Morgan fingerprint density at radius 2 is 2.07 bits per heavy atom. The first-order valence-electron chi connectivity index (χ1n) is 4.10. The molecule has 0 bridgehead atoms. The van der Waals surface area contributed by atoms with Gasteiger partial charge in [-0.1, -0.05) is 11.6 Å². The van der Waals surface area contributed by atoms with E-state index in [4.69, 9.17) is 28.3 Å². The molecule has 2 rings (SSSR count). The van der Waals surface area contributed by atoms with E-state index >= 15 is 0 Å². The van der Waals surface area contributed by atoms with Crippen LogP contribution in [0, 0.1) is 0 Å². The van der Waals surface area contributed by atoms with Crippen molar-refractivity contribution in [2.24, 2.45) is 0 Å². The van der Waals surface area contributed by atoms with Crippen molar-refractivity contribution in [1.29, 1.82) is 0 Å². The van der Waals surface area contributed by atoms with Gasteiger partial charge in [0.15, 0.2) is 11.0 Å². The summed E-state index contributed by atoms with van der Waals surface area (Å²) < 4.78 is 0. The van der Waals surface area contributed by atoms with Gasteiger partial charge < -0.3 is 10.4 Å². The highest BCUT2D eigenvalue weighted by atomic mass is 35.5. The Morgan fingerprint density at radius 1 is 1.36 bits per heavy atom.